The van der Waals surface area contributed by atoms with Gasteiger partial charge in [-0.25, -0.2) is 4.98 Å². The third-order valence-corrected chi connectivity index (χ3v) is 2.59. The number of nitrogens with one attached hydrogen (secondary N) is 1. The van der Waals surface area contributed by atoms with Crippen LogP contribution in [0.15, 0.2) is 11.6 Å². The smallest absolute Gasteiger partial charge is 0.182 e. The lowest BCUT2D eigenvalue weighted by molar-refractivity contribution is 0.182. The number of methoxy groups -OCH3 is 1. The Hall–Kier alpha value is -0.650. The highest BCUT2D eigenvalue weighted by molar-refractivity contribution is 7.13. The first-order valence-electron chi connectivity index (χ1n) is 4.72. The van der Waals surface area contributed by atoms with E-state index in [4.69, 9.17) is 10.5 Å². The van der Waals surface area contributed by atoms with E-state index in [1.54, 1.807) is 24.6 Å². The summed E-state index contributed by atoms with van der Waals surface area (Å²) in [7, 11) is 1.71. The predicted molar refractivity (Wildman–Crippen MR) is 59.7 cm³/mol. The maximum absolute atomic E-state index is 5.46. The van der Waals surface area contributed by atoms with Gasteiger partial charge in [-0.1, -0.05) is 0 Å². The van der Waals surface area contributed by atoms with Crippen molar-refractivity contribution in [3.63, 3.8) is 0 Å². The molecular formula is C9H17N3OS. The summed E-state index contributed by atoms with van der Waals surface area (Å²) in [5.74, 6) is 0. The molecule has 1 heterocycles. The molecule has 1 aromatic rings. The van der Waals surface area contributed by atoms with Crippen LogP contribution in [0.25, 0.3) is 0 Å². The molecule has 1 aromatic heterocycles. The van der Waals surface area contributed by atoms with Crippen LogP contribution in [0.2, 0.25) is 0 Å². The second-order valence-electron chi connectivity index (χ2n) is 3.06. The first-order chi connectivity index (χ1) is 6.86. The number of thiazole rings is 1. The monoisotopic (exact) mass is 215 g/mol. The van der Waals surface area contributed by atoms with Crippen molar-refractivity contribution in [3.8, 4) is 0 Å². The minimum atomic E-state index is 0.315. The summed E-state index contributed by atoms with van der Waals surface area (Å²) >= 11 is 1.60. The first-order valence-corrected chi connectivity index (χ1v) is 5.59. The summed E-state index contributed by atoms with van der Waals surface area (Å²) in [6.07, 6.45) is 3.82. The van der Waals surface area contributed by atoms with Gasteiger partial charge in [-0.05, 0) is 19.4 Å². The number of nitrogens with zero attached hydrogens (tertiary/aromatic N) is 1. The van der Waals surface area contributed by atoms with Crippen LogP contribution in [-0.2, 0) is 4.74 Å². The van der Waals surface area contributed by atoms with E-state index < -0.39 is 0 Å². The molecule has 0 aliphatic heterocycles. The molecule has 0 fully saturated rings. The third kappa shape index (κ3) is 4.04. The lowest BCUT2D eigenvalue weighted by atomic mass is 10.2. The number of anilines is 1. The van der Waals surface area contributed by atoms with E-state index in [0.29, 0.717) is 12.6 Å². The molecule has 0 amide bonds. The van der Waals surface area contributed by atoms with Crippen molar-refractivity contribution in [2.45, 2.75) is 18.9 Å². The van der Waals surface area contributed by atoms with Gasteiger partial charge in [-0.15, -0.1) is 11.3 Å². The Morgan fingerprint density at radius 2 is 2.57 bits per heavy atom. The van der Waals surface area contributed by atoms with Crippen molar-refractivity contribution >= 4 is 16.5 Å². The van der Waals surface area contributed by atoms with E-state index in [1.807, 2.05) is 5.38 Å². The molecule has 0 aliphatic carbocycles. The van der Waals surface area contributed by atoms with Crippen molar-refractivity contribution in [1.82, 2.24) is 4.98 Å². The summed E-state index contributed by atoms with van der Waals surface area (Å²) in [5.41, 5.74) is 5.46. The van der Waals surface area contributed by atoms with E-state index in [9.17, 15) is 0 Å². The summed E-state index contributed by atoms with van der Waals surface area (Å²) in [6.45, 7) is 1.42. The summed E-state index contributed by atoms with van der Waals surface area (Å²) in [4.78, 5) is 4.17. The summed E-state index contributed by atoms with van der Waals surface area (Å²) in [5, 5.41) is 6.22. The van der Waals surface area contributed by atoms with E-state index in [1.165, 1.54) is 0 Å². The predicted octanol–water partition coefficient (Wildman–Crippen LogP) is 1.31. The number of aromatic nitrogens is 1. The van der Waals surface area contributed by atoms with Crippen molar-refractivity contribution in [1.29, 1.82) is 0 Å². The zero-order valence-corrected chi connectivity index (χ0v) is 9.22. The number of hydrogen-bond donors (Lipinski definition) is 2. The fourth-order valence-corrected chi connectivity index (χ4v) is 1.84. The molecule has 5 heteroatoms. The Kier molecular flexibility index (Phi) is 5.51. The highest BCUT2D eigenvalue weighted by Crippen LogP contribution is 2.13. The molecule has 0 spiro atoms. The second kappa shape index (κ2) is 6.75. The largest absolute Gasteiger partial charge is 0.383 e. The molecule has 1 atom stereocenters. The standard InChI is InChI=1S/C9H17N3OS/c1-13-7-8(3-2-4-10)12-9-11-5-6-14-9/h5-6,8H,2-4,7,10H2,1H3,(H,11,12). The first kappa shape index (κ1) is 11.4. The molecule has 80 valence electrons. The van der Waals surface area contributed by atoms with Crippen molar-refractivity contribution in [2.24, 2.45) is 5.73 Å². The molecule has 0 aliphatic rings. The van der Waals surface area contributed by atoms with Gasteiger partial charge in [0.25, 0.3) is 0 Å². The van der Waals surface area contributed by atoms with Gasteiger partial charge in [0.05, 0.1) is 12.6 Å². The highest BCUT2D eigenvalue weighted by atomic mass is 32.1. The lowest BCUT2D eigenvalue weighted by Crippen LogP contribution is -2.25. The van der Waals surface area contributed by atoms with Crippen LogP contribution in [0.1, 0.15) is 12.8 Å². The fourth-order valence-electron chi connectivity index (χ4n) is 1.23. The zero-order valence-electron chi connectivity index (χ0n) is 8.40. The van der Waals surface area contributed by atoms with Gasteiger partial charge in [0.15, 0.2) is 5.13 Å². The van der Waals surface area contributed by atoms with E-state index >= 15 is 0 Å². The molecule has 14 heavy (non-hydrogen) atoms. The quantitative estimate of drug-likeness (QED) is 0.720. The van der Waals surface area contributed by atoms with Crippen LogP contribution < -0.4 is 11.1 Å². The molecule has 0 bridgehead atoms. The van der Waals surface area contributed by atoms with Crippen LogP contribution >= 0.6 is 11.3 Å². The van der Waals surface area contributed by atoms with Gasteiger partial charge in [-0.2, -0.15) is 0 Å². The number of hydrogen-bond acceptors (Lipinski definition) is 5. The summed E-state index contributed by atoms with van der Waals surface area (Å²) in [6, 6.07) is 0.315. The Balaban J connectivity index is 2.34. The van der Waals surface area contributed by atoms with Gasteiger partial charge >= 0.3 is 0 Å². The molecule has 1 unspecified atom stereocenters. The SMILES string of the molecule is COCC(CCCN)Nc1nccs1. The Morgan fingerprint density at radius 3 is 3.14 bits per heavy atom. The van der Waals surface area contributed by atoms with E-state index in [0.717, 1.165) is 24.5 Å². The van der Waals surface area contributed by atoms with Crippen LogP contribution in [-0.4, -0.2) is 31.3 Å². The van der Waals surface area contributed by atoms with Crippen molar-refractivity contribution in [3.05, 3.63) is 11.6 Å². The average Bonchev–Trinajstić information content (AvgIpc) is 2.67. The van der Waals surface area contributed by atoms with Crippen molar-refractivity contribution in [2.75, 3.05) is 25.6 Å². The van der Waals surface area contributed by atoms with Crippen LogP contribution in [0, 0.1) is 0 Å². The van der Waals surface area contributed by atoms with Gasteiger partial charge in [0.2, 0.25) is 0 Å². The van der Waals surface area contributed by atoms with Crippen molar-refractivity contribution < 1.29 is 4.74 Å². The molecule has 4 nitrogen and oxygen atoms in total. The van der Waals surface area contributed by atoms with Gasteiger partial charge < -0.3 is 15.8 Å². The maximum atomic E-state index is 5.46. The Labute approximate surface area is 88.5 Å². The van der Waals surface area contributed by atoms with Crippen LogP contribution in [0.5, 0.6) is 0 Å². The van der Waals surface area contributed by atoms with E-state index in [2.05, 4.69) is 10.3 Å². The molecule has 0 aromatic carbocycles. The molecule has 0 saturated heterocycles. The third-order valence-electron chi connectivity index (χ3n) is 1.88. The molecular weight excluding hydrogens is 198 g/mol. The number of ether oxygens (including phenoxy) is 1. The molecule has 1 rings (SSSR count). The molecule has 0 radical (unpaired) electrons. The topological polar surface area (TPSA) is 60.2 Å². The molecule has 0 saturated carbocycles. The Morgan fingerprint density at radius 1 is 1.71 bits per heavy atom. The Bertz CT molecular complexity index is 228. The number of nitrogens with two attached hydrogens (primary N) is 1. The summed E-state index contributed by atoms with van der Waals surface area (Å²) < 4.78 is 5.12. The van der Waals surface area contributed by atoms with Gasteiger partial charge in [0, 0.05) is 18.7 Å². The minimum absolute atomic E-state index is 0.315. The van der Waals surface area contributed by atoms with Gasteiger partial charge in [0.1, 0.15) is 0 Å². The van der Waals surface area contributed by atoms with E-state index in [-0.39, 0.29) is 0 Å². The minimum Gasteiger partial charge on any atom is -0.383 e. The zero-order chi connectivity index (χ0) is 10.2. The normalized spacial score (nSPS) is 12.7. The van der Waals surface area contributed by atoms with Crippen LogP contribution in [0.4, 0.5) is 5.13 Å². The van der Waals surface area contributed by atoms with Gasteiger partial charge in [-0.3, -0.25) is 0 Å². The lowest BCUT2D eigenvalue weighted by Gasteiger charge is -2.16. The van der Waals surface area contributed by atoms with Crippen LogP contribution in [0.3, 0.4) is 0 Å². The number of rotatable bonds is 7. The maximum Gasteiger partial charge on any atom is 0.182 e. The average molecular weight is 215 g/mol. The molecule has 3 N–H and O–H groups in total. The highest BCUT2D eigenvalue weighted by Gasteiger charge is 2.08. The fraction of sp³-hybridized carbons (Fsp3) is 0.667. The second-order valence-corrected chi connectivity index (χ2v) is 3.96.